The normalized spacial score (nSPS) is 42.8. The third-order valence-corrected chi connectivity index (χ3v) is 18.4. The Kier molecular flexibility index (Phi) is 19.3. The summed E-state index contributed by atoms with van der Waals surface area (Å²) in [6.45, 7) is 16.6. The van der Waals surface area contributed by atoms with E-state index in [9.17, 15) is 0 Å². The molecule has 56 heavy (non-hydrogen) atoms. The first kappa shape index (κ1) is 45.4. The average Bonchev–Trinajstić information content (AvgIpc) is 3.24. The van der Waals surface area contributed by atoms with Crippen molar-refractivity contribution in [3.8, 4) is 0 Å². The number of rotatable bonds is 19. The molecule has 10 atom stereocenters. The highest BCUT2D eigenvalue weighted by Crippen LogP contribution is 2.57. The molecule has 0 heterocycles. The maximum absolute atomic E-state index is 7.13. The Hall–Kier alpha value is -0.120. The molecule has 6 saturated carbocycles. The largest absolute Gasteiger partial charge is 0.378 e. The van der Waals surface area contributed by atoms with Crippen LogP contribution in [0.2, 0.25) is 0 Å². The lowest BCUT2D eigenvalue weighted by atomic mass is 9.52. The molecule has 6 aliphatic carbocycles. The third-order valence-electron chi connectivity index (χ3n) is 18.4. The molecule has 0 aromatic carbocycles. The van der Waals surface area contributed by atoms with Crippen LogP contribution < -0.4 is 0 Å². The van der Waals surface area contributed by atoms with E-state index in [0.29, 0.717) is 30.1 Å². The predicted molar refractivity (Wildman–Crippen MR) is 238 cm³/mol. The minimum atomic E-state index is 0.409. The van der Waals surface area contributed by atoms with Gasteiger partial charge >= 0.3 is 0 Å². The van der Waals surface area contributed by atoms with Gasteiger partial charge in [0.05, 0.1) is 18.3 Å². The quantitative estimate of drug-likeness (QED) is 0.122. The lowest BCUT2D eigenvalue weighted by Gasteiger charge is -2.55. The Balaban J connectivity index is 1.26. The summed E-state index contributed by atoms with van der Waals surface area (Å²) in [6.07, 6.45) is 41.7. The van der Waals surface area contributed by atoms with E-state index in [1.165, 1.54) is 180 Å². The molecule has 0 saturated heterocycles. The first-order chi connectivity index (χ1) is 27.5. The lowest BCUT2D eigenvalue weighted by molar-refractivity contribution is -0.139. The van der Waals surface area contributed by atoms with Crippen LogP contribution in [0, 0.1) is 76.9 Å². The zero-order valence-corrected chi connectivity index (χ0v) is 38.4. The Morgan fingerprint density at radius 3 is 1.50 bits per heavy atom. The monoisotopic (exact) mass is 781 g/mol. The second-order valence-corrected chi connectivity index (χ2v) is 21.3. The maximum Gasteiger partial charge on any atom is 0.0609 e. The number of unbranched alkanes of at least 4 members (excludes halogenated alkanes) is 3. The molecule has 0 spiro atoms. The Morgan fingerprint density at radius 2 is 0.875 bits per heavy atom. The lowest BCUT2D eigenvalue weighted by Crippen LogP contribution is -2.52. The van der Waals surface area contributed by atoms with E-state index in [0.717, 1.165) is 84.9 Å². The van der Waals surface area contributed by atoms with Gasteiger partial charge in [-0.3, -0.25) is 0 Å². The molecule has 326 valence electrons. The summed E-state index contributed by atoms with van der Waals surface area (Å²) in [6, 6.07) is 0. The zero-order valence-electron chi connectivity index (χ0n) is 38.4. The molecule has 0 N–H and O–H groups in total. The molecule has 0 aromatic heterocycles. The van der Waals surface area contributed by atoms with Crippen molar-refractivity contribution in [2.75, 3.05) is 19.8 Å². The van der Waals surface area contributed by atoms with Crippen molar-refractivity contribution in [1.82, 2.24) is 0 Å². The summed E-state index contributed by atoms with van der Waals surface area (Å²) < 4.78 is 20.6. The molecule has 0 bridgehead atoms. The van der Waals surface area contributed by atoms with Gasteiger partial charge in [-0.1, -0.05) is 111 Å². The Bertz CT molecular complexity index is 1040. The summed E-state index contributed by atoms with van der Waals surface area (Å²) in [4.78, 5) is 0. The van der Waals surface area contributed by atoms with Gasteiger partial charge in [0.25, 0.3) is 0 Å². The molecule has 0 radical (unpaired) electrons. The first-order valence-electron chi connectivity index (χ1n) is 26.3. The third kappa shape index (κ3) is 12.0. The molecule has 3 nitrogen and oxygen atoms in total. The first-order valence-corrected chi connectivity index (χ1v) is 26.3. The second kappa shape index (κ2) is 23.8. The molecule has 6 aliphatic rings. The van der Waals surface area contributed by atoms with Crippen LogP contribution in [0.4, 0.5) is 0 Å². The van der Waals surface area contributed by atoms with E-state index in [1.54, 1.807) is 0 Å². The fourth-order valence-corrected chi connectivity index (χ4v) is 15.4. The molecular formula is C53H96O3. The highest BCUT2D eigenvalue weighted by atomic mass is 16.5. The van der Waals surface area contributed by atoms with Crippen LogP contribution in [0.15, 0.2) is 0 Å². The Labute approximate surface area is 349 Å². The highest BCUT2D eigenvalue weighted by Gasteiger charge is 2.52. The summed E-state index contributed by atoms with van der Waals surface area (Å²) in [5.41, 5.74) is 0. The van der Waals surface area contributed by atoms with Gasteiger partial charge in [-0.15, -0.1) is 0 Å². The minimum absolute atomic E-state index is 0.409. The van der Waals surface area contributed by atoms with Gasteiger partial charge in [0.2, 0.25) is 0 Å². The van der Waals surface area contributed by atoms with Gasteiger partial charge in [-0.2, -0.15) is 0 Å². The summed E-state index contributed by atoms with van der Waals surface area (Å²) >= 11 is 0. The standard InChI is InChI=1S/C53H96O3/c1-7-13-15-17-40-20-26-42(27-21-40)46-32-31-45(54-10-4)35-48(46)49-37-53(56-12-6)51(36-47(49)43-28-22-39(23-29-43)16-14-8-2)50-34-44(30-33-52(50)55-11-5)41-24-18-38(9-3)19-25-41/h38-53H,7-37H2,1-6H3. The van der Waals surface area contributed by atoms with Crippen molar-refractivity contribution < 1.29 is 14.2 Å². The molecule has 0 amide bonds. The van der Waals surface area contributed by atoms with E-state index >= 15 is 0 Å². The van der Waals surface area contributed by atoms with Crippen molar-refractivity contribution in [3.63, 3.8) is 0 Å². The number of ether oxygens (including phenoxy) is 3. The van der Waals surface area contributed by atoms with Gasteiger partial charge in [0.1, 0.15) is 0 Å². The number of hydrogen-bond acceptors (Lipinski definition) is 3. The van der Waals surface area contributed by atoms with Crippen LogP contribution in [0.25, 0.3) is 0 Å². The molecule has 3 heteroatoms. The van der Waals surface area contributed by atoms with Crippen LogP contribution in [0.3, 0.4) is 0 Å². The molecule has 6 rings (SSSR count). The Morgan fingerprint density at radius 1 is 0.339 bits per heavy atom. The van der Waals surface area contributed by atoms with E-state index in [-0.39, 0.29) is 0 Å². The topological polar surface area (TPSA) is 27.7 Å². The summed E-state index contributed by atoms with van der Waals surface area (Å²) in [7, 11) is 0. The van der Waals surface area contributed by atoms with Crippen LogP contribution in [-0.4, -0.2) is 38.1 Å². The van der Waals surface area contributed by atoms with Gasteiger partial charge < -0.3 is 14.2 Å². The van der Waals surface area contributed by atoms with E-state index in [1.807, 2.05) is 0 Å². The smallest absolute Gasteiger partial charge is 0.0609 e. The predicted octanol–water partition coefficient (Wildman–Crippen LogP) is 15.3. The van der Waals surface area contributed by atoms with Gasteiger partial charge in [-0.05, 0) is 188 Å². The van der Waals surface area contributed by atoms with Gasteiger partial charge in [0, 0.05) is 19.8 Å². The van der Waals surface area contributed by atoms with E-state index < -0.39 is 0 Å². The van der Waals surface area contributed by atoms with Crippen molar-refractivity contribution in [3.05, 3.63) is 0 Å². The summed E-state index contributed by atoms with van der Waals surface area (Å²) in [5.74, 6) is 11.5. The molecule has 10 unspecified atom stereocenters. The highest BCUT2D eigenvalue weighted by molar-refractivity contribution is 5.02. The van der Waals surface area contributed by atoms with Crippen LogP contribution in [0.1, 0.15) is 221 Å². The molecule has 0 aromatic rings. The number of hydrogen-bond donors (Lipinski definition) is 0. The van der Waals surface area contributed by atoms with Crippen LogP contribution in [-0.2, 0) is 14.2 Å². The van der Waals surface area contributed by atoms with Crippen molar-refractivity contribution in [2.45, 2.75) is 240 Å². The van der Waals surface area contributed by atoms with Gasteiger partial charge in [0.15, 0.2) is 0 Å². The van der Waals surface area contributed by atoms with E-state index in [2.05, 4.69) is 41.5 Å². The molecule has 6 fully saturated rings. The summed E-state index contributed by atoms with van der Waals surface area (Å²) in [5, 5.41) is 0. The van der Waals surface area contributed by atoms with Crippen molar-refractivity contribution >= 4 is 0 Å². The van der Waals surface area contributed by atoms with Crippen molar-refractivity contribution in [1.29, 1.82) is 0 Å². The van der Waals surface area contributed by atoms with Crippen LogP contribution in [0.5, 0.6) is 0 Å². The molecule has 0 aliphatic heterocycles. The fraction of sp³-hybridized carbons (Fsp3) is 1.00. The second-order valence-electron chi connectivity index (χ2n) is 21.3. The van der Waals surface area contributed by atoms with Gasteiger partial charge in [-0.25, -0.2) is 0 Å². The maximum atomic E-state index is 7.13. The SMILES string of the molecule is CCCCCC1CCC(C2CCC(OCC)CC2C2CC(OCC)C(C3CC(C4CCC(CC)CC4)CCC3OCC)CC2C2CCC(CCCC)CC2)CC1. The fourth-order valence-electron chi connectivity index (χ4n) is 15.4. The minimum Gasteiger partial charge on any atom is -0.378 e. The molecular weight excluding hydrogens is 685 g/mol. The average molecular weight is 781 g/mol. The van der Waals surface area contributed by atoms with Crippen molar-refractivity contribution in [2.24, 2.45) is 76.9 Å². The zero-order chi connectivity index (χ0) is 39.3. The van der Waals surface area contributed by atoms with E-state index in [4.69, 9.17) is 14.2 Å². The van der Waals surface area contributed by atoms with Crippen LogP contribution >= 0.6 is 0 Å².